The average Bonchev–Trinajstić information content (AvgIpc) is 3.33. The maximum Gasteiger partial charge on any atom is 0.410 e. The van der Waals surface area contributed by atoms with Crippen molar-refractivity contribution in [2.75, 3.05) is 19.6 Å². The highest BCUT2D eigenvalue weighted by Crippen LogP contribution is 2.31. The molecule has 0 aliphatic heterocycles. The Hall–Kier alpha value is -3.73. The summed E-state index contributed by atoms with van der Waals surface area (Å²) in [6.45, 7) is 7.52. The van der Waals surface area contributed by atoms with Gasteiger partial charge in [0, 0.05) is 37.1 Å². The number of pyridine rings is 1. The highest BCUT2D eigenvalue weighted by Gasteiger charge is 2.22. The zero-order valence-corrected chi connectivity index (χ0v) is 24.5. The van der Waals surface area contributed by atoms with Crippen LogP contribution in [0.5, 0.6) is 5.75 Å². The number of aliphatic hydroxyl groups is 1. The van der Waals surface area contributed by atoms with Gasteiger partial charge in [-0.25, -0.2) is 4.79 Å². The molecule has 10 heteroatoms. The number of carbonyl (C=O) groups is 1. The topological polar surface area (TPSA) is 128 Å². The molecule has 218 valence electrons. The van der Waals surface area contributed by atoms with Gasteiger partial charge in [0.1, 0.15) is 16.9 Å². The summed E-state index contributed by atoms with van der Waals surface area (Å²) in [4.78, 5) is 33.2. The molecule has 2 aromatic heterocycles. The van der Waals surface area contributed by atoms with Crippen molar-refractivity contribution < 1.29 is 19.7 Å². The second-order valence-corrected chi connectivity index (χ2v) is 12.0. The molecule has 4 aromatic rings. The van der Waals surface area contributed by atoms with Crippen LogP contribution in [0.4, 0.5) is 4.79 Å². The zero-order chi connectivity index (χ0) is 29.4. The summed E-state index contributed by atoms with van der Waals surface area (Å²) in [5.41, 5.74) is 3.48. The molecule has 4 rings (SSSR count). The van der Waals surface area contributed by atoms with Crippen molar-refractivity contribution >= 4 is 27.6 Å². The van der Waals surface area contributed by atoms with Crippen LogP contribution in [-0.4, -0.2) is 56.4 Å². The van der Waals surface area contributed by atoms with E-state index in [2.05, 4.69) is 21.4 Å². The summed E-state index contributed by atoms with van der Waals surface area (Å²) in [6.07, 6.45) is 2.89. The minimum atomic E-state index is -0.829. The van der Waals surface area contributed by atoms with Gasteiger partial charge in [-0.1, -0.05) is 47.7 Å². The molecular formula is C31H38N4O5S. The van der Waals surface area contributed by atoms with Crippen LogP contribution in [0.2, 0.25) is 0 Å². The number of thiazole rings is 1. The van der Waals surface area contributed by atoms with E-state index in [1.165, 1.54) is 6.07 Å². The number of hydrogen-bond acceptors (Lipinski definition) is 8. The first-order valence-electron chi connectivity index (χ1n) is 13.8. The number of rotatable bonds is 12. The molecule has 0 saturated heterocycles. The minimum absolute atomic E-state index is 0.0134. The van der Waals surface area contributed by atoms with Crippen molar-refractivity contribution in [1.29, 1.82) is 0 Å². The number of aromatic amines is 1. The number of ether oxygens (including phenoxy) is 1. The van der Waals surface area contributed by atoms with Gasteiger partial charge >= 0.3 is 11.0 Å². The fourth-order valence-corrected chi connectivity index (χ4v) is 5.46. The monoisotopic (exact) mass is 578 g/mol. The Morgan fingerprint density at radius 2 is 1.93 bits per heavy atom. The smallest absolute Gasteiger partial charge is 0.410 e. The number of nitrogens with zero attached hydrogens (tertiary/aromatic N) is 2. The standard InChI is InChI=1S/C31H38N4O5S/c1-31(2,3)40-30(39)35(17-7-11-23-10-4-5-15-33-23)20-22-9-6-8-21(18-22)14-16-32-19-26(37)24-12-13-25(36)27-28(24)41-29(38)34-27/h4-6,8-10,12-13,15,18,26,32,36-37H,7,11,14,16-17,19-20H2,1-3H3,(H,34,38)/t26-/m1/s1. The van der Waals surface area contributed by atoms with Crippen LogP contribution in [0.15, 0.2) is 65.6 Å². The van der Waals surface area contributed by atoms with Crippen LogP contribution in [0.1, 0.15) is 55.7 Å². The number of aromatic hydroxyl groups is 1. The number of aryl methyl sites for hydroxylation is 1. The van der Waals surface area contributed by atoms with Crippen LogP contribution < -0.4 is 10.2 Å². The van der Waals surface area contributed by atoms with Gasteiger partial charge in [0.2, 0.25) is 0 Å². The van der Waals surface area contributed by atoms with Crippen LogP contribution in [0.25, 0.3) is 10.2 Å². The predicted octanol–water partition coefficient (Wildman–Crippen LogP) is 4.93. The number of fused-ring (bicyclic) bond motifs is 1. The number of hydrogen-bond donors (Lipinski definition) is 4. The quantitative estimate of drug-likeness (QED) is 0.176. The fourth-order valence-electron chi connectivity index (χ4n) is 4.55. The van der Waals surface area contributed by atoms with Gasteiger partial charge < -0.3 is 30.2 Å². The number of phenols is 1. The lowest BCUT2D eigenvalue weighted by atomic mass is 10.1. The van der Waals surface area contributed by atoms with E-state index in [1.807, 2.05) is 57.2 Å². The van der Waals surface area contributed by atoms with E-state index in [4.69, 9.17) is 4.74 Å². The molecule has 0 fully saturated rings. The molecule has 0 bridgehead atoms. The summed E-state index contributed by atoms with van der Waals surface area (Å²) in [6, 6.07) is 17.1. The number of carbonyl (C=O) groups excluding carboxylic acids is 1. The Morgan fingerprint density at radius 1 is 1.12 bits per heavy atom. The van der Waals surface area contributed by atoms with Crippen molar-refractivity contribution in [3.05, 3.63) is 92.8 Å². The van der Waals surface area contributed by atoms with Gasteiger partial charge in [-0.3, -0.25) is 9.78 Å². The van der Waals surface area contributed by atoms with E-state index in [1.54, 1.807) is 17.2 Å². The Bertz CT molecular complexity index is 1500. The van der Waals surface area contributed by atoms with Crippen molar-refractivity contribution in [1.82, 2.24) is 20.2 Å². The number of nitrogens with one attached hydrogen (secondary N) is 2. The molecule has 0 aliphatic carbocycles. The van der Waals surface area contributed by atoms with Gasteiger partial charge in [0.25, 0.3) is 0 Å². The van der Waals surface area contributed by atoms with Crippen LogP contribution in [0.3, 0.4) is 0 Å². The molecular weight excluding hydrogens is 540 g/mol. The second-order valence-electron chi connectivity index (χ2n) is 11.0. The number of aromatic nitrogens is 2. The number of phenolic OH excluding ortho intramolecular Hbond substituents is 1. The first-order chi connectivity index (χ1) is 19.6. The lowest BCUT2D eigenvalue weighted by Crippen LogP contribution is -2.37. The van der Waals surface area contributed by atoms with Crippen LogP contribution in [-0.2, 0) is 24.1 Å². The van der Waals surface area contributed by atoms with Crippen LogP contribution >= 0.6 is 11.3 Å². The van der Waals surface area contributed by atoms with E-state index >= 15 is 0 Å². The largest absolute Gasteiger partial charge is 0.506 e. The molecule has 4 N–H and O–H groups in total. The van der Waals surface area contributed by atoms with E-state index < -0.39 is 11.7 Å². The Kier molecular flexibility index (Phi) is 10.1. The molecule has 0 radical (unpaired) electrons. The molecule has 0 aliphatic rings. The van der Waals surface area contributed by atoms with Crippen molar-refractivity contribution in [3.63, 3.8) is 0 Å². The average molecular weight is 579 g/mol. The van der Waals surface area contributed by atoms with Gasteiger partial charge in [-0.2, -0.15) is 0 Å². The van der Waals surface area contributed by atoms with Gasteiger partial charge in [-0.15, -0.1) is 0 Å². The summed E-state index contributed by atoms with van der Waals surface area (Å²) in [5, 5.41) is 24.0. The third-order valence-corrected chi connectivity index (χ3v) is 7.41. The number of benzene rings is 2. The van der Waals surface area contributed by atoms with E-state index in [9.17, 15) is 19.8 Å². The summed E-state index contributed by atoms with van der Waals surface area (Å²) in [7, 11) is 0. The molecule has 2 heterocycles. The normalized spacial score (nSPS) is 12.4. The Labute approximate surface area is 243 Å². The van der Waals surface area contributed by atoms with Gasteiger partial charge in [0.15, 0.2) is 0 Å². The van der Waals surface area contributed by atoms with Crippen molar-refractivity contribution in [2.45, 2.75) is 58.3 Å². The third-order valence-electron chi connectivity index (χ3n) is 6.48. The maximum absolute atomic E-state index is 13.0. The lowest BCUT2D eigenvalue weighted by Gasteiger charge is -2.27. The highest BCUT2D eigenvalue weighted by atomic mass is 32.1. The molecule has 2 aromatic carbocycles. The third kappa shape index (κ3) is 8.88. The summed E-state index contributed by atoms with van der Waals surface area (Å²) >= 11 is 0.973. The molecule has 0 unspecified atom stereocenters. The van der Waals surface area contributed by atoms with E-state index in [0.29, 0.717) is 42.0 Å². The molecule has 0 spiro atoms. The predicted molar refractivity (Wildman–Crippen MR) is 161 cm³/mol. The Balaban J connectivity index is 1.32. The first kappa shape index (κ1) is 30.2. The lowest BCUT2D eigenvalue weighted by molar-refractivity contribution is 0.0231. The molecule has 9 nitrogen and oxygen atoms in total. The first-order valence-corrected chi connectivity index (χ1v) is 14.6. The molecule has 0 saturated carbocycles. The fraction of sp³-hybridized carbons (Fsp3) is 0.387. The number of H-pyrrole nitrogens is 1. The van der Waals surface area contributed by atoms with Crippen molar-refractivity contribution in [3.8, 4) is 5.75 Å². The Morgan fingerprint density at radius 3 is 2.68 bits per heavy atom. The second kappa shape index (κ2) is 13.8. The van der Waals surface area contributed by atoms with E-state index in [0.717, 1.165) is 47.4 Å². The number of amides is 1. The highest BCUT2D eigenvalue weighted by molar-refractivity contribution is 7.16. The summed E-state index contributed by atoms with van der Waals surface area (Å²) in [5.74, 6) is -0.0134. The maximum atomic E-state index is 13.0. The SMILES string of the molecule is CC(C)(C)OC(=O)N(CCCc1ccccn1)Cc1cccc(CCNC[C@@H](O)c2ccc(O)c3[nH]c(=O)sc23)c1. The molecule has 1 atom stereocenters. The van der Waals surface area contributed by atoms with Gasteiger partial charge in [0.05, 0.1) is 10.8 Å². The molecule has 1 amide bonds. The number of aliphatic hydroxyl groups excluding tert-OH is 1. The minimum Gasteiger partial charge on any atom is -0.506 e. The molecule has 41 heavy (non-hydrogen) atoms. The van der Waals surface area contributed by atoms with Crippen LogP contribution in [0, 0.1) is 0 Å². The summed E-state index contributed by atoms with van der Waals surface area (Å²) < 4.78 is 6.24. The van der Waals surface area contributed by atoms with Gasteiger partial charge in [-0.05, 0) is 75.9 Å². The van der Waals surface area contributed by atoms with E-state index in [-0.39, 0.29) is 16.7 Å². The zero-order valence-electron chi connectivity index (χ0n) is 23.7. The van der Waals surface area contributed by atoms with Crippen molar-refractivity contribution in [2.24, 2.45) is 0 Å².